The molecular formula is C7H7Cl2NO. The number of aldehydes is 1. The molecule has 4 heteroatoms. The summed E-state index contributed by atoms with van der Waals surface area (Å²) in [6.45, 7) is 0. The zero-order valence-electron chi connectivity index (χ0n) is 5.66. The maximum Gasteiger partial charge on any atom is 0.168 e. The molecule has 0 aliphatic carbocycles. The van der Waals surface area contributed by atoms with Crippen molar-refractivity contribution in [3.05, 3.63) is 29.6 Å². The Morgan fingerprint density at radius 1 is 1.55 bits per heavy atom. The molecule has 0 unspecified atom stereocenters. The molecule has 0 aliphatic heterocycles. The number of alkyl halides is 1. The van der Waals surface area contributed by atoms with E-state index in [1.807, 2.05) is 0 Å². The molecule has 0 radical (unpaired) electrons. The average Bonchev–Trinajstić information content (AvgIpc) is 2.05. The van der Waals surface area contributed by atoms with Crippen LogP contribution in [0, 0.1) is 0 Å². The van der Waals surface area contributed by atoms with E-state index in [0.29, 0.717) is 17.9 Å². The number of hydrogen-bond donors (Lipinski definition) is 0. The van der Waals surface area contributed by atoms with Gasteiger partial charge in [-0.05, 0) is 11.6 Å². The monoisotopic (exact) mass is 191 g/mol. The highest BCUT2D eigenvalue weighted by molar-refractivity contribution is 6.17. The van der Waals surface area contributed by atoms with Crippen molar-refractivity contribution < 1.29 is 4.79 Å². The molecule has 0 atom stereocenters. The maximum absolute atomic E-state index is 10.1. The standard InChI is InChI=1S/C7H6ClNO.ClH/c8-3-6-1-2-7(5-10)9-4-6;/h1-2,4-5H,3H2;1H. The summed E-state index contributed by atoms with van der Waals surface area (Å²) in [6, 6.07) is 3.43. The Hall–Kier alpha value is -0.600. The van der Waals surface area contributed by atoms with Crippen LogP contribution in [0.2, 0.25) is 0 Å². The molecule has 0 amide bonds. The second-order valence-corrected chi connectivity index (χ2v) is 2.11. The van der Waals surface area contributed by atoms with E-state index in [-0.39, 0.29) is 12.4 Å². The molecule has 1 heterocycles. The van der Waals surface area contributed by atoms with Gasteiger partial charge < -0.3 is 0 Å². The minimum absolute atomic E-state index is 0. The van der Waals surface area contributed by atoms with Crippen molar-refractivity contribution in [2.24, 2.45) is 0 Å². The molecule has 60 valence electrons. The summed E-state index contributed by atoms with van der Waals surface area (Å²) in [7, 11) is 0. The van der Waals surface area contributed by atoms with Gasteiger partial charge in [0.2, 0.25) is 0 Å². The summed E-state index contributed by atoms with van der Waals surface area (Å²) in [5, 5.41) is 0. The summed E-state index contributed by atoms with van der Waals surface area (Å²) in [5.41, 5.74) is 1.36. The smallest absolute Gasteiger partial charge is 0.168 e. The van der Waals surface area contributed by atoms with Crippen molar-refractivity contribution in [3.8, 4) is 0 Å². The van der Waals surface area contributed by atoms with Crippen LogP contribution in [0.15, 0.2) is 18.3 Å². The fourth-order valence-corrected chi connectivity index (χ4v) is 0.743. The molecule has 2 nitrogen and oxygen atoms in total. The van der Waals surface area contributed by atoms with Crippen LogP contribution in [-0.2, 0) is 5.88 Å². The number of halogens is 2. The average molecular weight is 192 g/mol. The minimum Gasteiger partial charge on any atom is -0.296 e. The van der Waals surface area contributed by atoms with E-state index in [0.717, 1.165) is 5.56 Å². The third-order valence-corrected chi connectivity index (χ3v) is 1.43. The first-order valence-corrected chi connectivity index (χ1v) is 3.36. The van der Waals surface area contributed by atoms with Crippen molar-refractivity contribution in [1.29, 1.82) is 0 Å². The van der Waals surface area contributed by atoms with Gasteiger partial charge in [-0.3, -0.25) is 9.78 Å². The Labute approximate surface area is 76.0 Å². The van der Waals surface area contributed by atoms with Crippen LogP contribution in [0.1, 0.15) is 16.1 Å². The molecule has 0 aromatic carbocycles. The van der Waals surface area contributed by atoms with E-state index in [1.165, 1.54) is 0 Å². The van der Waals surface area contributed by atoms with E-state index in [9.17, 15) is 4.79 Å². The fraction of sp³-hybridized carbons (Fsp3) is 0.143. The molecule has 0 spiro atoms. The molecule has 0 saturated carbocycles. The molecule has 0 bridgehead atoms. The summed E-state index contributed by atoms with van der Waals surface area (Å²) < 4.78 is 0. The number of carbonyl (C=O) groups is 1. The fourth-order valence-electron chi connectivity index (χ4n) is 0.585. The predicted molar refractivity (Wildman–Crippen MR) is 46.4 cm³/mol. The van der Waals surface area contributed by atoms with E-state index < -0.39 is 0 Å². The normalized spacial score (nSPS) is 8.45. The molecule has 1 rings (SSSR count). The van der Waals surface area contributed by atoms with Gasteiger partial charge in [0.15, 0.2) is 6.29 Å². The quantitative estimate of drug-likeness (QED) is 0.530. The molecule has 0 aliphatic rings. The highest BCUT2D eigenvalue weighted by Gasteiger charge is 1.91. The van der Waals surface area contributed by atoms with Gasteiger partial charge in [-0.25, -0.2) is 0 Å². The lowest BCUT2D eigenvalue weighted by Gasteiger charge is -1.91. The lowest BCUT2D eigenvalue weighted by Crippen LogP contribution is -1.86. The number of pyridine rings is 1. The van der Waals surface area contributed by atoms with Crippen LogP contribution in [0.3, 0.4) is 0 Å². The van der Waals surface area contributed by atoms with E-state index in [4.69, 9.17) is 11.6 Å². The van der Waals surface area contributed by atoms with Gasteiger partial charge in [0.05, 0.1) is 0 Å². The third kappa shape index (κ3) is 2.87. The molecular weight excluding hydrogens is 185 g/mol. The number of hydrogen-bond acceptors (Lipinski definition) is 2. The van der Waals surface area contributed by atoms with Gasteiger partial charge in [0.1, 0.15) is 5.69 Å². The molecule has 0 saturated heterocycles. The van der Waals surface area contributed by atoms with Gasteiger partial charge in [-0.2, -0.15) is 0 Å². The second kappa shape index (κ2) is 5.10. The van der Waals surface area contributed by atoms with E-state index in [1.54, 1.807) is 18.3 Å². The maximum atomic E-state index is 10.1. The van der Waals surface area contributed by atoms with E-state index >= 15 is 0 Å². The van der Waals surface area contributed by atoms with Crippen LogP contribution < -0.4 is 0 Å². The Morgan fingerprint density at radius 3 is 2.64 bits per heavy atom. The summed E-state index contributed by atoms with van der Waals surface area (Å²) in [4.78, 5) is 13.9. The van der Waals surface area contributed by atoms with Crippen molar-refractivity contribution in [2.45, 2.75) is 5.88 Å². The van der Waals surface area contributed by atoms with Crippen molar-refractivity contribution in [3.63, 3.8) is 0 Å². The zero-order chi connectivity index (χ0) is 7.40. The number of aromatic nitrogens is 1. The number of nitrogens with zero attached hydrogens (tertiary/aromatic N) is 1. The highest BCUT2D eigenvalue weighted by atomic mass is 35.5. The van der Waals surface area contributed by atoms with Crippen molar-refractivity contribution in [1.82, 2.24) is 4.98 Å². The van der Waals surface area contributed by atoms with Crippen LogP contribution in [0.25, 0.3) is 0 Å². The van der Waals surface area contributed by atoms with Crippen LogP contribution >= 0.6 is 24.0 Å². The molecule has 1 aromatic rings. The van der Waals surface area contributed by atoms with Gasteiger partial charge in [-0.15, -0.1) is 24.0 Å². The van der Waals surface area contributed by atoms with Gasteiger partial charge in [-0.1, -0.05) is 6.07 Å². The predicted octanol–water partition coefficient (Wildman–Crippen LogP) is 2.05. The first-order valence-electron chi connectivity index (χ1n) is 2.83. The summed E-state index contributed by atoms with van der Waals surface area (Å²) in [6.07, 6.45) is 2.30. The van der Waals surface area contributed by atoms with Crippen LogP contribution in [0.4, 0.5) is 0 Å². The lowest BCUT2D eigenvalue weighted by atomic mass is 10.3. The largest absolute Gasteiger partial charge is 0.296 e. The SMILES string of the molecule is Cl.O=Cc1ccc(CCl)cn1. The Bertz CT molecular complexity index is 222. The van der Waals surface area contributed by atoms with Gasteiger partial charge in [0, 0.05) is 12.1 Å². The molecule has 0 fully saturated rings. The zero-order valence-corrected chi connectivity index (χ0v) is 7.23. The minimum atomic E-state index is 0. The summed E-state index contributed by atoms with van der Waals surface area (Å²) in [5.74, 6) is 0.437. The second-order valence-electron chi connectivity index (χ2n) is 1.84. The van der Waals surface area contributed by atoms with Crippen LogP contribution in [0.5, 0.6) is 0 Å². The van der Waals surface area contributed by atoms with E-state index in [2.05, 4.69) is 4.98 Å². The highest BCUT2D eigenvalue weighted by Crippen LogP contribution is 2.01. The topological polar surface area (TPSA) is 30.0 Å². The Kier molecular flexibility index (Phi) is 4.83. The van der Waals surface area contributed by atoms with Gasteiger partial charge in [0.25, 0.3) is 0 Å². The Morgan fingerprint density at radius 2 is 2.27 bits per heavy atom. The van der Waals surface area contributed by atoms with Crippen molar-refractivity contribution in [2.75, 3.05) is 0 Å². The lowest BCUT2D eigenvalue weighted by molar-refractivity contribution is 0.111. The molecule has 0 N–H and O–H groups in total. The third-order valence-electron chi connectivity index (χ3n) is 1.12. The molecule has 1 aromatic heterocycles. The molecule has 11 heavy (non-hydrogen) atoms. The number of rotatable bonds is 2. The Balaban J connectivity index is 0.000001000. The first-order chi connectivity index (χ1) is 4.86. The first kappa shape index (κ1) is 10.4. The van der Waals surface area contributed by atoms with Crippen LogP contribution in [-0.4, -0.2) is 11.3 Å². The number of carbonyl (C=O) groups excluding carboxylic acids is 1. The van der Waals surface area contributed by atoms with Gasteiger partial charge >= 0.3 is 0 Å². The summed E-state index contributed by atoms with van der Waals surface area (Å²) >= 11 is 5.49. The van der Waals surface area contributed by atoms with Crippen molar-refractivity contribution >= 4 is 30.3 Å².